The topological polar surface area (TPSA) is 0 Å². The van der Waals surface area contributed by atoms with E-state index in [9.17, 15) is 0 Å². The Bertz CT molecular complexity index is 1770. The van der Waals surface area contributed by atoms with Gasteiger partial charge in [-0.25, -0.2) is 0 Å². The Kier molecular flexibility index (Phi) is 2.27. The number of hydrogen-bond acceptors (Lipinski definition) is 0. The summed E-state index contributed by atoms with van der Waals surface area (Å²) in [5.74, 6) is 9.85. The van der Waals surface area contributed by atoms with Gasteiger partial charge in [0.2, 0.25) is 0 Å². The monoisotopic (exact) mass is 682 g/mol. The minimum atomic E-state index is -3.60. The molecule has 10 saturated carbocycles. The molecule has 0 aromatic heterocycles. The van der Waals surface area contributed by atoms with Gasteiger partial charge in [0.15, 0.2) is 0 Å². The molecule has 10 heterocycles. The van der Waals surface area contributed by atoms with Crippen LogP contribution in [0.25, 0.3) is 0 Å². The summed E-state index contributed by atoms with van der Waals surface area (Å²) in [5, 5.41) is 0. The minimum absolute atomic E-state index is 0.315. The second kappa shape index (κ2) is 4.29. The third-order valence-corrected chi connectivity index (χ3v) is 88.0. The molecule has 10 aliphatic carbocycles. The van der Waals surface area contributed by atoms with Crippen molar-refractivity contribution in [1.29, 1.82) is 0 Å². The SMILES string of the molecule is C1CCC(P(C2CCCCC2)[C]23[CH]4[CH]5[CH]6[C]2(P(C2C7CC8CC(C7)CC2C8)C2C7CC8CC(C7)CC2C8)[Fe]54632789[CH]3[CH]2[CH]7[CH]8[CH]39)CC1. The average molecular weight is 683 g/mol. The molecule has 0 N–H and O–H groups in total. The van der Waals surface area contributed by atoms with E-state index in [2.05, 4.69) is 0 Å². The molecule has 10 aliphatic heterocycles. The zero-order chi connectivity index (χ0) is 28.2. The van der Waals surface area contributed by atoms with Gasteiger partial charge in [-0.2, -0.15) is 0 Å². The van der Waals surface area contributed by atoms with Gasteiger partial charge in [-0.3, -0.25) is 0 Å². The summed E-state index contributed by atoms with van der Waals surface area (Å²) >= 11 is 0. The molecule has 3 heteroatoms. The molecule has 45 heavy (non-hydrogen) atoms. The Morgan fingerprint density at radius 3 is 1.07 bits per heavy atom. The second-order valence-electron chi connectivity index (χ2n) is 24.9. The Labute approximate surface area is 266 Å². The third-order valence-electron chi connectivity index (χ3n) is 28.4. The van der Waals surface area contributed by atoms with E-state index in [0.29, 0.717) is 15.8 Å². The molecule has 0 nitrogen and oxygen atoms in total. The molecule has 0 radical (unpaired) electrons. The van der Waals surface area contributed by atoms with E-state index in [0.717, 1.165) is 0 Å². The Hall–Kier alpha value is 1.38. The number of hydrogen-bond donors (Lipinski definition) is 0. The van der Waals surface area contributed by atoms with E-state index in [1.54, 1.807) is 167 Å². The second-order valence-corrected chi connectivity index (χ2v) is 54.6. The first-order valence-corrected chi connectivity index (χ1v) is 30.9. The van der Waals surface area contributed by atoms with Crippen molar-refractivity contribution in [1.82, 2.24) is 0 Å². The summed E-state index contributed by atoms with van der Waals surface area (Å²) in [7, 11) is 0.664. The standard InChI is InChI=1S/C37H55P2.C5H5.Fe/c1-3-8-32(9-4-1)38(33-10-5-2-6-11-33)34-12-7-13-35(34)39(36-28-16-24-14-25(18-28)19-29(36)17-24)37-30-20-26-15-27(22-30)23-31(37)21-26;1-2-4-5-3-1;/h7,12-13,24-33,36-37H,1-6,8-11,14-23H2;1-5H;. The molecule has 1 spiro atoms. The summed E-state index contributed by atoms with van der Waals surface area (Å²) < 4.78 is 2.47. The fourth-order valence-electron chi connectivity index (χ4n) is 30.6. The van der Waals surface area contributed by atoms with Crippen LogP contribution in [-0.4, -0.2) is 30.7 Å². The Balaban J connectivity index is 0.926. The molecule has 0 amide bonds. The quantitative estimate of drug-likeness (QED) is 0.193. The maximum atomic E-state index is 1.76. The van der Waals surface area contributed by atoms with E-state index >= 15 is 0 Å². The maximum absolute atomic E-state index is 3.60. The van der Waals surface area contributed by atoms with Crippen LogP contribution in [0.4, 0.5) is 0 Å². The summed E-state index contributed by atoms with van der Waals surface area (Å²) in [6.07, 6.45) is 34.3. The molecule has 5 unspecified atom stereocenters. The summed E-state index contributed by atoms with van der Waals surface area (Å²) in [4.78, 5) is 12.6. The molecule has 20 aliphatic rings. The first-order chi connectivity index (χ1) is 22.0. The molecule has 5 atom stereocenters. The van der Waals surface area contributed by atoms with Gasteiger partial charge in [0.1, 0.15) is 0 Å². The van der Waals surface area contributed by atoms with Gasteiger partial charge >= 0.3 is 267 Å². The van der Waals surface area contributed by atoms with Crippen molar-refractivity contribution in [3.05, 3.63) is 0 Å². The van der Waals surface area contributed by atoms with Crippen LogP contribution in [0.1, 0.15) is 128 Å². The first-order valence-electron chi connectivity index (χ1n) is 21.8. The van der Waals surface area contributed by atoms with Crippen LogP contribution in [0.15, 0.2) is 0 Å². The number of rotatable bonds is 6. The van der Waals surface area contributed by atoms with Crippen LogP contribution in [-0.2, 0) is 6.51 Å². The van der Waals surface area contributed by atoms with Crippen molar-refractivity contribution in [2.45, 2.75) is 198 Å². The molecule has 0 aromatic rings. The average Bonchev–Trinajstić information content (AvgIpc) is 4.00. The zero-order valence-electron chi connectivity index (χ0n) is 27.9. The zero-order valence-corrected chi connectivity index (χ0v) is 30.8. The summed E-state index contributed by atoms with van der Waals surface area (Å²) in [6, 6.07) is 0. The van der Waals surface area contributed by atoms with Crippen LogP contribution in [0.3, 0.4) is 0 Å². The van der Waals surface area contributed by atoms with Gasteiger partial charge in [0.05, 0.1) is 0 Å². The first kappa shape index (κ1) is 23.8. The van der Waals surface area contributed by atoms with Crippen LogP contribution in [0, 0.1) is 47.3 Å². The van der Waals surface area contributed by atoms with E-state index in [1.165, 1.54) is 78.1 Å². The Morgan fingerprint density at radius 1 is 0.378 bits per heavy atom. The number of fused-ring (bicyclic) bond motifs is 10. The molecule has 20 rings (SSSR count). The van der Waals surface area contributed by atoms with E-state index in [4.69, 9.17) is 0 Å². The van der Waals surface area contributed by atoms with Crippen LogP contribution >= 0.6 is 15.8 Å². The molecule has 10 saturated heterocycles. The van der Waals surface area contributed by atoms with Gasteiger partial charge in [-0.1, -0.05) is 0 Å². The molecular formula is C42H60FeP2. The molecule has 8 bridgehead atoms. The molecule has 0 aromatic carbocycles. The van der Waals surface area contributed by atoms with Crippen LogP contribution in [0.2, 0.25) is 38.5 Å². The van der Waals surface area contributed by atoms with Crippen molar-refractivity contribution in [3.63, 3.8) is 0 Å². The fourth-order valence-corrected chi connectivity index (χ4v) is 142. The third kappa shape index (κ3) is 0.792. The Morgan fingerprint density at radius 2 is 0.733 bits per heavy atom. The van der Waals surface area contributed by atoms with Gasteiger partial charge in [0, 0.05) is 0 Å². The van der Waals surface area contributed by atoms with Crippen LogP contribution < -0.4 is 0 Å². The molecular weight excluding hydrogens is 622 g/mol. The summed E-state index contributed by atoms with van der Waals surface area (Å²) in [6.45, 7) is -3.60. The van der Waals surface area contributed by atoms with Crippen molar-refractivity contribution in [2.24, 2.45) is 47.3 Å². The van der Waals surface area contributed by atoms with E-state index in [1.807, 2.05) is 0 Å². The van der Waals surface area contributed by atoms with Crippen molar-refractivity contribution < 1.29 is 6.51 Å². The molecule has 246 valence electrons. The van der Waals surface area contributed by atoms with Gasteiger partial charge in [-0.05, 0) is 0 Å². The van der Waals surface area contributed by atoms with Crippen molar-refractivity contribution in [3.8, 4) is 0 Å². The van der Waals surface area contributed by atoms with Gasteiger partial charge in [-0.15, -0.1) is 0 Å². The normalized spacial score (nSPS) is 84.4. The predicted molar refractivity (Wildman–Crippen MR) is 185 cm³/mol. The molecule has 20 fully saturated rings. The predicted octanol–water partition coefficient (Wildman–Crippen LogP) is 12.5. The van der Waals surface area contributed by atoms with Crippen molar-refractivity contribution in [2.75, 3.05) is 0 Å². The fraction of sp³-hybridized carbons (Fsp3) is 1.00. The van der Waals surface area contributed by atoms with Gasteiger partial charge in [0.25, 0.3) is 0 Å². The van der Waals surface area contributed by atoms with Crippen molar-refractivity contribution >= 4 is 15.8 Å². The summed E-state index contributed by atoms with van der Waals surface area (Å²) in [5.41, 5.74) is 5.28. The van der Waals surface area contributed by atoms with E-state index in [-0.39, 0.29) is 0 Å². The van der Waals surface area contributed by atoms with E-state index < -0.39 is 6.51 Å². The van der Waals surface area contributed by atoms with Gasteiger partial charge < -0.3 is 0 Å². The van der Waals surface area contributed by atoms with Crippen LogP contribution in [0.5, 0.6) is 0 Å².